The van der Waals surface area contributed by atoms with Crippen LogP contribution in [-0.4, -0.2) is 35.1 Å². The fourth-order valence-electron chi connectivity index (χ4n) is 3.80. The Bertz CT molecular complexity index is 1040. The standard InChI is InChI=1S/C24H23N3O3/c28-23(19-7-11-26-12-8-19)27-22-14-20(13-21(15-22)24(29)30)17-3-1-16(2-4-17)18-5-9-25-10-6-18/h1-4,7-8,11-15,18,25H,5-6,9-10H2,(H,27,28)(H,29,30). The lowest BCUT2D eigenvalue weighted by Gasteiger charge is -2.23. The van der Waals surface area contributed by atoms with Gasteiger partial charge in [-0.15, -0.1) is 0 Å². The third-order valence-electron chi connectivity index (χ3n) is 5.43. The summed E-state index contributed by atoms with van der Waals surface area (Å²) in [7, 11) is 0. The summed E-state index contributed by atoms with van der Waals surface area (Å²) in [5, 5.41) is 15.7. The summed E-state index contributed by atoms with van der Waals surface area (Å²) in [4.78, 5) is 28.0. The first-order valence-electron chi connectivity index (χ1n) is 10.0. The van der Waals surface area contributed by atoms with Gasteiger partial charge >= 0.3 is 5.97 Å². The number of pyridine rings is 1. The van der Waals surface area contributed by atoms with E-state index in [2.05, 4.69) is 27.8 Å². The largest absolute Gasteiger partial charge is 0.478 e. The quantitative estimate of drug-likeness (QED) is 0.597. The zero-order valence-electron chi connectivity index (χ0n) is 16.5. The maximum atomic E-state index is 12.5. The molecule has 1 fully saturated rings. The number of anilines is 1. The molecule has 0 unspecified atom stereocenters. The summed E-state index contributed by atoms with van der Waals surface area (Å²) < 4.78 is 0. The maximum Gasteiger partial charge on any atom is 0.335 e. The molecule has 152 valence electrons. The van der Waals surface area contributed by atoms with Gasteiger partial charge in [0.15, 0.2) is 0 Å². The van der Waals surface area contributed by atoms with Gasteiger partial charge in [0.25, 0.3) is 5.91 Å². The van der Waals surface area contributed by atoms with E-state index in [0.717, 1.165) is 37.1 Å². The predicted octanol–water partition coefficient (Wildman–Crippen LogP) is 4.17. The van der Waals surface area contributed by atoms with Crippen molar-refractivity contribution in [3.8, 4) is 11.1 Å². The van der Waals surface area contributed by atoms with Crippen LogP contribution in [0.15, 0.2) is 67.0 Å². The summed E-state index contributed by atoms with van der Waals surface area (Å²) in [5.41, 5.74) is 3.99. The monoisotopic (exact) mass is 401 g/mol. The molecule has 1 saturated heterocycles. The number of benzene rings is 2. The highest BCUT2D eigenvalue weighted by atomic mass is 16.4. The van der Waals surface area contributed by atoms with E-state index in [0.29, 0.717) is 17.2 Å². The van der Waals surface area contributed by atoms with Crippen molar-refractivity contribution >= 4 is 17.6 Å². The van der Waals surface area contributed by atoms with Crippen LogP contribution < -0.4 is 10.6 Å². The van der Waals surface area contributed by atoms with Crippen molar-refractivity contribution in [2.45, 2.75) is 18.8 Å². The third-order valence-corrected chi connectivity index (χ3v) is 5.43. The molecule has 0 saturated carbocycles. The molecule has 4 rings (SSSR count). The molecule has 1 aromatic heterocycles. The molecule has 2 heterocycles. The van der Waals surface area contributed by atoms with Crippen molar-refractivity contribution < 1.29 is 14.7 Å². The molecule has 30 heavy (non-hydrogen) atoms. The minimum Gasteiger partial charge on any atom is -0.478 e. The second kappa shape index (κ2) is 8.88. The van der Waals surface area contributed by atoms with E-state index in [4.69, 9.17) is 0 Å². The number of nitrogens with one attached hydrogen (secondary N) is 2. The minimum absolute atomic E-state index is 0.125. The Kier molecular flexibility index (Phi) is 5.86. The highest BCUT2D eigenvalue weighted by Crippen LogP contribution is 2.30. The van der Waals surface area contributed by atoms with Crippen molar-refractivity contribution in [1.29, 1.82) is 0 Å². The molecule has 0 atom stereocenters. The van der Waals surface area contributed by atoms with Crippen LogP contribution in [0.3, 0.4) is 0 Å². The van der Waals surface area contributed by atoms with Crippen molar-refractivity contribution in [2.24, 2.45) is 0 Å². The topological polar surface area (TPSA) is 91.3 Å². The van der Waals surface area contributed by atoms with E-state index < -0.39 is 5.97 Å². The summed E-state index contributed by atoms with van der Waals surface area (Å²) >= 11 is 0. The lowest BCUT2D eigenvalue weighted by molar-refractivity contribution is 0.0696. The molecule has 3 aromatic rings. The molecule has 1 aliphatic heterocycles. The number of amides is 1. The fraction of sp³-hybridized carbons (Fsp3) is 0.208. The molecule has 3 N–H and O–H groups in total. The Morgan fingerprint density at radius 3 is 2.27 bits per heavy atom. The molecule has 0 bridgehead atoms. The molecular weight excluding hydrogens is 378 g/mol. The average molecular weight is 401 g/mol. The van der Waals surface area contributed by atoms with Gasteiger partial charge in [-0.2, -0.15) is 0 Å². The Morgan fingerprint density at radius 1 is 0.900 bits per heavy atom. The van der Waals surface area contributed by atoms with Crippen LogP contribution in [0.2, 0.25) is 0 Å². The number of hydrogen-bond acceptors (Lipinski definition) is 4. The number of hydrogen-bond donors (Lipinski definition) is 3. The second-order valence-corrected chi connectivity index (χ2v) is 7.44. The van der Waals surface area contributed by atoms with E-state index in [9.17, 15) is 14.7 Å². The number of carboxylic acids is 1. The van der Waals surface area contributed by atoms with Gasteiger partial charge in [0, 0.05) is 23.6 Å². The SMILES string of the molecule is O=C(O)c1cc(NC(=O)c2ccncc2)cc(-c2ccc(C3CCNCC3)cc2)c1. The van der Waals surface area contributed by atoms with Crippen molar-refractivity contribution in [3.63, 3.8) is 0 Å². The normalized spacial score (nSPS) is 14.3. The van der Waals surface area contributed by atoms with Crippen LogP contribution in [0, 0.1) is 0 Å². The minimum atomic E-state index is -1.04. The van der Waals surface area contributed by atoms with Gasteiger partial charge in [-0.3, -0.25) is 9.78 Å². The predicted molar refractivity (Wildman–Crippen MR) is 116 cm³/mol. The van der Waals surface area contributed by atoms with E-state index in [1.165, 1.54) is 24.0 Å². The number of piperidine rings is 1. The van der Waals surface area contributed by atoms with Crippen molar-refractivity contribution in [2.75, 3.05) is 18.4 Å². The Morgan fingerprint density at radius 2 is 1.60 bits per heavy atom. The lowest BCUT2D eigenvalue weighted by Crippen LogP contribution is -2.26. The Labute approximate surface area is 175 Å². The summed E-state index contributed by atoms with van der Waals surface area (Å²) in [5.74, 6) is -0.796. The van der Waals surface area contributed by atoms with Crippen LogP contribution in [-0.2, 0) is 0 Å². The zero-order valence-corrected chi connectivity index (χ0v) is 16.5. The molecular formula is C24H23N3O3. The molecule has 6 nitrogen and oxygen atoms in total. The molecule has 6 heteroatoms. The first-order chi connectivity index (χ1) is 14.6. The van der Waals surface area contributed by atoms with E-state index in [1.54, 1.807) is 24.3 Å². The van der Waals surface area contributed by atoms with Crippen molar-refractivity contribution in [1.82, 2.24) is 10.3 Å². The van der Waals surface area contributed by atoms with Crippen LogP contribution in [0.1, 0.15) is 45.0 Å². The van der Waals surface area contributed by atoms with Gasteiger partial charge < -0.3 is 15.7 Å². The highest BCUT2D eigenvalue weighted by Gasteiger charge is 2.16. The van der Waals surface area contributed by atoms with Crippen LogP contribution in [0.4, 0.5) is 5.69 Å². The molecule has 0 radical (unpaired) electrons. The first kappa shape index (κ1) is 19.8. The van der Waals surface area contributed by atoms with Gasteiger partial charge in [0.05, 0.1) is 5.56 Å². The Hall–Kier alpha value is -3.51. The van der Waals surface area contributed by atoms with Gasteiger partial charge in [0.1, 0.15) is 0 Å². The van der Waals surface area contributed by atoms with E-state index in [1.807, 2.05) is 12.1 Å². The number of aromatic carboxylic acids is 1. The number of carbonyl (C=O) groups is 2. The number of carboxylic acid groups (broad SMARTS) is 1. The summed E-state index contributed by atoms with van der Waals surface area (Å²) in [6.07, 6.45) is 5.33. The van der Waals surface area contributed by atoms with Gasteiger partial charge in [0.2, 0.25) is 0 Å². The molecule has 2 aromatic carbocycles. The third kappa shape index (κ3) is 4.55. The van der Waals surface area contributed by atoms with Crippen LogP contribution in [0.5, 0.6) is 0 Å². The lowest BCUT2D eigenvalue weighted by atomic mass is 9.89. The molecule has 1 aliphatic rings. The number of carbonyl (C=O) groups excluding carboxylic acids is 1. The smallest absolute Gasteiger partial charge is 0.335 e. The first-order valence-corrected chi connectivity index (χ1v) is 10.0. The van der Waals surface area contributed by atoms with E-state index in [-0.39, 0.29) is 11.5 Å². The summed E-state index contributed by atoms with van der Waals surface area (Å²) in [6, 6.07) is 16.4. The number of aromatic nitrogens is 1. The molecule has 1 amide bonds. The van der Waals surface area contributed by atoms with E-state index >= 15 is 0 Å². The fourth-order valence-corrected chi connectivity index (χ4v) is 3.80. The highest BCUT2D eigenvalue weighted by molar-refractivity contribution is 6.05. The van der Waals surface area contributed by atoms with Crippen LogP contribution >= 0.6 is 0 Å². The van der Waals surface area contributed by atoms with Crippen LogP contribution in [0.25, 0.3) is 11.1 Å². The average Bonchev–Trinajstić information content (AvgIpc) is 2.80. The second-order valence-electron chi connectivity index (χ2n) is 7.44. The Balaban J connectivity index is 1.61. The van der Waals surface area contributed by atoms with Gasteiger partial charge in [-0.1, -0.05) is 24.3 Å². The number of rotatable bonds is 5. The zero-order chi connectivity index (χ0) is 20.9. The summed E-state index contributed by atoms with van der Waals surface area (Å²) in [6.45, 7) is 2.07. The number of nitrogens with zero attached hydrogens (tertiary/aromatic N) is 1. The molecule has 0 aliphatic carbocycles. The van der Waals surface area contributed by atoms with Gasteiger partial charge in [-0.05, 0) is 78.9 Å². The van der Waals surface area contributed by atoms with Crippen molar-refractivity contribution in [3.05, 3.63) is 83.7 Å². The maximum absolute atomic E-state index is 12.5. The molecule has 0 spiro atoms. The van der Waals surface area contributed by atoms with Gasteiger partial charge in [-0.25, -0.2) is 4.79 Å².